The molecule has 0 aliphatic rings. The van der Waals surface area contributed by atoms with Gasteiger partial charge in [-0.3, -0.25) is 4.79 Å². The van der Waals surface area contributed by atoms with Crippen LogP contribution in [0.2, 0.25) is 5.02 Å². The summed E-state index contributed by atoms with van der Waals surface area (Å²) in [6.45, 7) is 3.35. The van der Waals surface area contributed by atoms with Gasteiger partial charge in [0.15, 0.2) is 11.5 Å². The molecular weight excluding hydrogens is 244 g/mol. The first kappa shape index (κ1) is 13.6. The molecule has 1 rings (SSSR count). The van der Waals surface area contributed by atoms with E-state index in [0.717, 1.165) is 5.56 Å². The van der Waals surface area contributed by atoms with Crippen molar-refractivity contribution in [2.45, 2.75) is 19.8 Å². The number of ether oxygens (including phenoxy) is 2. The van der Waals surface area contributed by atoms with Crippen molar-refractivity contribution in [2.24, 2.45) is 0 Å². The molecule has 1 unspecified atom stereocenters. The fourth-order valence-electron chi connectivity index (χ4n) is 1.64. The SMILES string of the molecule is COc1cc(C)c(Cl)c(C(C)C(=O)O)c1OC. The van der Waals surface area contributed by atoms with Gasteiger partial charge >= 0.3 is 5.97 Å². The van der Waals surface area contributed by atoms with Crippen molar-refractivity contribution in [1.29, 1.82) is 0 Å². The van der Waals surface area contributed by atoms with E-state index in [1.54, 1.807) is 19.9 Å². The van der Waals surface area contributed by atoms with E-state index in [1.807, 2.05) is 0 Å². The molecule has 1 N–H and O–H groups in total. The van der Waals surface area contributed by atoms with Crippen LogP contribution in [0.1, 0.15) is 24.0 Å². The molecule has 5 heteroatoms. The standard InChI is InChI=1S/C12H15ClO4/c1-6-5-8(16-3)11(17-4)9(10(6)13)7(2)12(14)15/h5,7H,1-4H3,(H,14,15). The van der Waals surface area contributed by atoms with Gasteiger partial charge in [0.25, 0.3) is 0 Å². The predicted octanol–water partition coefficient (Wildman–Crippen LogP) is 2.85. The van der Waals surface area contributed by atoms with Crippen LogP contribution in [0.3, 0.4) is 0 Å². The van der Waals surface area contributed by atoms with Crippen LogP contribution in [0.15, 0.2) is 6.07 Å². The first-order valence-electron chi connectivity index (χ1n) is 5.07. The monoisotopic (exact) mass is 258 g/mol. The van der Waals surface area contributed by atoms with Crippen molar-refractivity contribution < 1.29 is 19.4 Å². The van der Waals surface area contributed by atoms with Crippen LogP contribution in [-0.2, 0) is 4.79 Å². The van der Waals surface area contributed by atoms with Gasteiger partial charge in [-0.15, -0.1) is 0 Å². The van der Waals surface area contributed by atoms with E-state index in [2.05, 4.69) is 0 Å². The van der Waals surface area contributed by atoms with Crippen molar-refractivity contribution in [2.75, 3.05) is 14.2 Å². The molecule has 1 aromatic carbocycles. The number of methoxy groups -OCH3 is 2. The summed E-state index contributed by atoms with van der Waals surface area (Å²) in [6.07, 6.45) is 0. The Morgan fingerprint density at radius 1 is 1.41 bits per heavy atom. The summed E-state index contributed by atoms with van der Waals surface area (Å²) in [4.78, 5) is 11.1. The largest absolute Gasteiger partial charge is 0.493 e. The highest BCUT2D eigenvalue weighted by Gasteiger charge is 2.25. The number of aryl methyl sites for hydroxylation is 1. The van der Waals surface area contributed by atoms with Crippen LogP contribution >= 0.6 is 11.6 Å². The fourth-order valence-corrected chi connectivity index (χ4v) is 1.95. The smallest absolute Gasteiger partial charge is 0.310 e. The molecule has 0 bridgehead atoms. The molecule has 0 saturated carbocycles. The molecule has 0 heterocycles. The number of hydrogen-bond acceptors (Lipinski definition) is 3. The molecule has 0 spiro atoms. The number of carbonyl (C=O) groups is 1. The molecule has 17 heavy (non-hydrogen) atoms. The maximum absolute atomic E-state index is 11.1. The summed E-state index contributed by atoms with van der Waals surface area (Å²) in [7, 11) is 2.96. The highest BCUT2D eigenvalue weighted by Crippen LogP contribution is 2.42. The highest BCUT2D eigenvalue weighted by molar-refractivity contribution is 6.32. The Morgan fingerprint density at radius 3 is 2.41 bits per heavy atom. The van der Waals surface area contributed by atoms with Gasteiger partial charge in [-0.1, -0.05) is 11.6 Å². The quantitative estimate of drug-likeness (QED) is 0.902. The van der Waals surface area contributed by atoms with Crippen molar-refractivity contribution in [3.63, 3.8) is 0 Å². The molecule has 0 aliphatic heterocycles. The zero-order valence-corrected chi connectivity index (χ0v) is 11.0. The summed E-state index contributed by atoms with van der Waals surface area (Å²) in [5.41, 5.74) is 1.20. The zero-order valence-electron chi connectivity index (χ0n) is 10.2. The van der Waals surface area contributed by atoms with Gasteiger partial charge in [0.05, 0.1) is 25.2 Å². The predicted molar refractivity (Wildman–Crippen MR) is 65.3 cm³/mol. The third kappa shape index (κ3) is 2.47. The molecule has 0 fully saturated rings. The number of halogens is 1. The van der Waals surface area contributed by atoms with Crippen molar-refractivity contribution in [1.82, 2.24) is 0 Å². The Morgan fingerprint density at radius 2 is 2.00 bits per heavy atom. The third-order valence-electron chi connectivity index (χ3n) is 2.63. The Hall–Kier alpha value is -1.42. The lowest BCUT2D eigenvalue weighted by Gasteiger charge is -2.18. The molecular formula is C12H15ClO4. The number of carboxylic acid groups (broad SMARTS) is 1. The van der Waals surface area contributed by atoms with Crippen LogP contribution in [-0.4, -0.2) is 25.3 Å². The molecule has 1 aromatic rings. The van der Waals surface area contributed by atoms with Crippen LogP contribution < -0.4 is 9.47 Å². The lowest BCUT2D eigenvalue weighted by Crippen LogP contribution is -2.11. The van der Waals surface area contributed by atoms with Gasteiger partial charge < -0.3 is 14.6 Å². The van der Waals surface area contributed by atoms with Gasteiger partial charge in [0.2, 0.25) is 0 Å². The number of aliphatic carboxylic acids is 1. The van der Waals surface area contributed by atoms with Gasteiger partial charge in [-0.2, -0.15) is 0 Å². The number of rotatable bonds is 4. The molecule has 0 aliphatic carbocycles. The van der Waals surface area contributed by atoms with Gasteiger partial charge in [0.1, 0.15) is 0 Å². The Bertz CT molecular complexity index is 443. The summed E-state index contributed by atoms with van der Waals surface area (Å²) < 4.78 is 10.4. The number of benzene rings is 1. The second kappa shape index (κ2) is 5.27. The van der Waals surface area contributed by atoms with Gasteiger partial charge in [-0.25, -0.2) is 0 Å². The second-order valence-electron chi connectivity index (χ2n) is 3.72. The summed E-state index contributed by atoms with van der Waals surface area (Å²) in [5, 5.41) is 9.48. The zero-order chi connectivity index (χ0) is 13.2. The topological polar surface area (TPSA) is 55.8 Å². The third-order valence-corrected chi connectivity index (χ3v) is 3.13. The Balaban J connectivity index is 3.53. The van der Waals surface area contributed by atoms with Crippen molar-refractivity contribution >= 4 is 17.6 Å². The lowest BCUT2D eigenvalue weighted by molar-refractivity contribution is -0.138. The molecule has 94 valence electrons. The number of carboxylic acids is 1. The van der Waals surface area contributed by atoms with Gasteiger partial charge in [0, 0.05) is 5.56 Å². The first-order chi connectivity index (χ1) is 7.93. The van der Waals surface area contributed by atoms with Crippen LogP contribution in [0.4, 0.5) is 0 Å². The average Bonchev–Trinajstić information content (AvgIpc) is 2.30. The van der Waals surface area contributed by atoms with Crippen LogP contribution in [0.5, 0.6) is 11.5 Å². The molecule has 0 amide bonds. The van der Waals surface area contributed by atoms with E-state index in [4.69, 9.17) is 26.2 Å². The van der Waals surface area contributed by atoms with E-state index in [9.17, 15) is 4.79 Å². The minimum Gasteiger partial charge on any atom is -0.493 e. The van der Waals surface area contributed by atoms with E-state index in [-0.39, 0.29) is 0 Å². The Labute approximate surface area is 105 Å². The molecule has 0 saturated heterocycles. The minimum absolute atomic E-state index is 0.373. The maximum atomic E-state index is 11.1. The summed E-state index contributed by atoms with van der Waals surface area (Å²) in [5.74, 6) is -0.861. The van der Waals surface area contributed by atoms with Crippen LogP contribution in [0.25, 0.3) is 0 Å². The van der Waals surface area contributed by atoms with Crippen molar-refractivity contribution in [3.8, 4) is 11.5 Å². The minimum atomic E-state index is -0.960. The van der Waals surface area contributed by atoms with Crippen LogP contribution in [0, 0.1) is 6.92 Å². The Kier molecular flexibility index (Phi) is 4.23. The van der Waals surface area contributed by atoms with Gasteiger partial charge in [-0.05, 0) is 25.5 Å². The van der Waals surface area contributed by atoms with E-state index in [1.165, 1.54) is 14.2 Å². The first-order valence-corrected chi connectivity index (χ1v) is 5.45. The van der Waals surface area contributed by atoms with E-state index in [0.29, 0.717) is 22.1 Å². The normalized spacial score (nSPS) is 12.1. The summed E-state index contributed by atoms with van der Waals surface area (Å²) >= 11 is 6.15. The molecule has 0 radical (unpaired) electrons. The van der Waals surface area contributed by atoms with E-state index < -0.39 is 11.9 Å². The number of hydrogen-bond donors (Lipinski definition) is 1. The fraction of sp³-hybridized carbons (Fsp3) is 0.417. The maximum Gasteiger partial charge on any atom is 0.310 e. The summed E-state index contributed by atoms with van der Waals surface area (Å²) in [6, 6.07) is 1.72. The molecule has 0 aromatic heterocycles. The lowest BCUT2D eigenvalue weighted by atomic mass is 9.97. The van der Waals surface area contributed by atoms with E-state index >= 15 is 0 Å². The highest BCUT2D eigenvalue weighted by atomic mass is 35.5. The second-order valence-corrected chi connectivity index (χ2v) is 4.09. The molecule has 4 nitrogen and oxygen atoms in total. The molecule has 1 atom stereocenters. The van der Waals surface area contributed by atoms with Crippen molar-refractivity contribution in [3.05, 3.63) is 22.2 Å². The average molecular weight is 259 g/mol.